The predicted octanol–water partition coefficient (Wildman–Crippen LogP) is 2.66. The average molecular weight is 212 g/mol. The van der Waals surface area contributed by atoms with Crippen LogP contribution in [-0.2, 0) is 0 Å². The number of nitrogens with zero attached hydrogens (tertiary/aromatic N) is 1. The summed E-state index contributed by atoms with van der Waals surface area (Å²) in [6.45, 7) is 11.6. The molecule has 2 heteroatoms. The predicted molar refractivity (Wildman–Crippen MR) is 69.3 cm³/mol. The standard InChI is InChI=1S/C13H28N2/c1-5-8-9-11-15(4)13(10-6-2)12-14-7-3/h5,13-14H,1,6-12H2,2-4H3. The number of hydrogen-bond acceptors (Lipinski definition) is 2. The summed E-state index contributed by atoms with van der Waals surface area (Å²) in [5, 5.41) is 3.44. The second kappa shape index (κ2) is 10.2. The summed E-state index contributed by atoms with van der Waals surface area (Å²) in [4.78, 5) is 2.48. The lowest BCUT2D eigenvalue weighted by Gasteiger charge is -2.28. The molecule has 15 heavy (non-hydrogen) atoms. The lowest BCUT2D eigenvalue weighted by atomic mass is 10.1. The van der Waals surface area contributed by atoms with E-state index in [1.54, 1.807) is 0 Å². The van der Waals surface area contributed by atoms with Gasteiger partial charge in [-0.3, -0.25) is 0 Å². The zero-order chi connectivity index (χ0) is 11.5. The molecule has 2 nitrogen and oxygen atoms in total. The van der Waals surface area contributed by atoms with E-state index in [-0.39, 0.29) is 0 Å². The molecule has 0 saturated heterocycles. The molecule has 0 aliphatic carbocycles. The van der Waals surface area contributed by atoms with Gasteiger partial charge < -0.3 is 10.2 Å². The minimum absolute atomic E-state index is 0.694. The monoisotopic (exact) mass is 212 g/mol. The average Bonchev–Trinajstić information content (AvgIpc) is 2.24. The summed E-state index contributed by atoms with van der Waals surface area (Å²) in [6.07, 6.45) is 6.92. The van der Waals surface area contributed by atoms with Crippen LogP contribution in [0.15, 0.2) is 12.7 Å². The minimum Gasteiger partial charge on any atom is -0.315 e. The highest BCUT2D eigenvalue weighted by molar-refractivity contribution is 4.73. The molecule has 1 atom stereocenters. The Morgan fingerprint density at radius 2 is 2.13 bits per heavy atom. The van der Waals surface area contributed by atoms with E-state index >= 15 is 0 Å². The quantitative estimate of drug-likeness (QED) is 0.442. The highest BCUT2D eigenvalue weighted by Gasteiger charge is 2.12. The van der Waals surface area contributed by atoms with Crippen molar-refractivity contribution < 1.29 is 0 Å². The number of likely N-dealkylation sites (N-methyl/N-ethyl adjacent to an activating group) is 2. The van der Waals surface area contributed by atoms with Crippen LogP contribution in [0.1, 0.15) is 39.5 Å². The maximum absolute atomic E-state index is 3.76. The molecule has 90 valence electrons. The number of rotatable bonds is 10. The minimum atomic E-state index is 0.694. The number of allylic oxidation sites excluding steroid dienone is 1. The van der Waals surface area contributed by atoms with E-state index in [9.17, 15) is 0 Å². The van der Waals surface area contributed by atoms with Crippen molar-refractivity contribution in [3.05, 3.63) is 12.7 Å². The van der Waals surface area contributed by atoms with E-state index in [0.29, 0.717) is 6.04 Å². The third kappa shape index (κ3) is 7.57. The molecule has 0 aromatic carbocycles. The number of hydrogen-bond donors (Lipinski definition) is 1. The molecule has 0 aromatic heterocycles. The Morgan fingerprint density at radius 1 is 1.40 bits per heavy atom. The maximum Gasteiger partial charge on any atom is 0.0217 e. The largest absolute Gasteiger partial charge is 0.315 e. The van der Waals surface area contributed by atoms with Gasteiger partial charge in [0.05, 0.1) is 0 Å². The fourth-order valence-electron chi connectivity index (χ4n) is 1.79. The van der Waals surface area contributed by atoms with E-state index < -0.39 is 0 Å². The van der Waals surface area contributed by atoms with Gasteiger partial charge in [0.15, 0.2) is 0 Å². The van der Waals surface area contributed by atoms with Gasteiger partial charge >= 0.3 is 0 Å². The first kappa shape index (κ1) is 14.7. The molecule has 0 amide bonds. The van der Waals surface area contributed by atoms with Gasteiger partial charge in [0.1, 0.15) is 0 Å². The van der Waals surface area contributed by atoms with Crippen molar-refractivity contribution in [2.45, 2.75) is 45.6 Å². The van der Waals surface area contributed by atoms with Crippen LogP contribution in [-0.4, -0.2) is 37.6 Å². The second-order valence-electron chi connectivity index (χ2n) is 4.16. The first-order valence-corrected chi connectivity index (χ1v) is 6.28. The molecule has 0 fully saturated rings. The Bertz CT molecular complexity index is 145. The summed E-state index contributed by atoms with van der Waals surface area (Å²) < 4.78 is 0. The molecule has 0 aromatic rings. The van der Waals surface area contributed by atoms with Crippen molar-refractivity contribution in [3.63, 3.8) is 0 Å². The lowest BCUT2D eigenvalue weighted by molar-refractivity contribution is 0.221. The highest BCUT2D eigenvalue weighted by atomic mass is 15.1. The highest BCUT2D eigenvalue weighted by Crippen LogP contribution is 2.05. The molecule has 0 rings (SSSR count). The van der Waals surface area contributed by atoms with Crippen LogP contribution in [0.2, 0.25) is 0 Å². The third-order valence-corrected chi connectivity index (χ3v) is 2.79. The smallest absolute Gasteiger partial charge is 0.0217 e. The van der Waals surface area contributed by atoms with Crippen molar-refractivity contribution in [2.24, 2.45) is 0 Å². The first-order chi connectivity index (χ1) is 7.26. The van der Waals surface area contributed by atoms with Crippen LogP contribution in [0.3, 0.4) is 0 Å². The fraction of sp³-hybridized carbons (Fsp3) is 0.846. The summed E-state index contributed by atoms with van der Waals surface area (Å²) in [5.41, 5.74) is 0. The molecule has 0 aliphatic rings. The van der Waals surface area contributed by atoms with Crippen molar-refractivity contribution in [1.29, 1.82) is 0 Å². The summed E-state index contributed by atoms with van der Waals surface area (Å²) in [5.74, 6) is 0. The molecule has 0 spiro atoms. The maximum atomic E-state index is 3.76. The van der Waals surface area contributed by atoms with E-state index in [1.807, 2.05) is 6.08 Å². The van der Waals surface area contributed by atoms with E-state index in [1.165, 1.54) is 25.8 Å². The molecular formula is C13H28N2. The Kier molecular flexibility index (Phi) is 9.96. The van der Waals surface area contributed by atoms with Gasteiger partial charge in [-0.25, -0.2) is 0 Å². The van der Waals surface area contributed by atoms with Gasteiger partial charge in [0.25, 0.3) is 0 Å². The van der Waals surface area contributed by atoms with Crippen molar-refractivity contribution >= 4 is 0 Å². The van der Waals surface area contributed by atoms with Gasteiger partial charge in [-0.05, 0) is 39.4 Å². The van der Waals surface area contributed by atoms with Gasteiger partial charge in [0, 0.05) is 12.6 Å². The molecule has 0 radical (unpaired) electrons. The van der Waals surface area contributed by atoms with Crippen LogP contribution in [0.5, 0.6) is 0 Å². The normalized spacial score (nSPS) is 13.1. The molecule has 0 heterocycles. The number of unbranched alkanes of at least 4 members (excludes halogenated alkanes) is 1. The Morgan fingerprint density at radius 3 is 2.67 bits per heavy atom. The summed E-state index contributed by atoms with van der Waals surface area (Å²) in [6, 6.07) is 0.694. The molecule has 0 aliphatic heterocycles. The van der Waals surface area contributed by atoms with Gasteiger partial charge in [-0.2, -0.15) is 0 Å². The van der Waals surface area contributed by atoms with Crippen molar-refractivity contribution in [1.82, 2.24) is 10.2 Å². The summed E-state index contributed by atoms with van der Waals surface area (Å²) in [7, 11) is 2.24. The third-order valence-electron chi connectivity index (χ3n) is 2.79. The fourth-order valence-corrected chi connectivity index (χ4v) is 1.79. The SMILES string of the molecule is C=CCCCN(C)C(CCC)CNCC. The van der Waals surface area contributed by atoms with Crippen LogP contribution in [0, 0.1) is 0 Å². The van der Waals surface area contributed by atoms with Crippen LogP contribution < -0.4 is 5.32 Å². The molecule has 0 bridgehead atoms. The van der Waals surface area contributed by atoms with Crippen molar-refractivity contribution in [2.75, 3.05) is 26.7 Å². The zero-order valence-electron chi connectivity index (χ0n) is 10.8. The van der Waals surface area contributed by atoms with Gasteiger partial charge in [-0.15, -0.1) is 6.58 Å². The van der Waals surface area contributed by atoms with E-state index in [2.05, 4.69) is 37.7 Å². The van der Waals surface area contributed by atoms with Crippen LogP contribution in [0.25, 0.3) is 0 Å². The Hall–Kier alpha value is -0.340. The second-order valence-corrected chi connectivity index (χ2v) is 4.16. The van der Waals surface area contributed by atoms with E-state index in [0.717, 1.165) is 19.5 Å². The van der Waals surface area contributed by atoms with Gasteiger partial charge in [-0.1, -0.05) is 26.3 Å². The number of nitrogens with one attached hydrogen (secondary N) is 1. The van der Waals surface area contributed by atoms with Crippen LogP contribution >= 0.6 is 0 Å². The molecule has 1 N–H and O–H groups in total. The topological polar surface area (TPSA) is 15.3 Å². The zero-order valence-corrected chi connectivity index (χ0v) is 10.8. The molecule has 1 unspecified atom stereocenters. The Labute approximate surface area is 95.7 Å². The van der Waals surface area contributed by atoms with E-state index in [4.69, 9.17) is 0 Å². The molecule has 0 saturated carbocycles. The van der Waals surface area contributed by atoms with Crippen molar-refractivity contribution in [3.8, 4) is 0 Å². The molecular weight excluding hydrogens is 184 g/mol. The Balaban J connectivity index is 3.80. The van der Waals surface area contributed by atoms with Gasteiger partial charge in [0.2, 0.25) is 0 Å². The first-order valence-electron chi connectivity index (χ1n) is 6.28. The lowest BCUT2D eigenvalue weighted by Crippen LogP contribution is -2.40. The summed E-state index contributed by atoms with van der Waals surface area (Å²) >= 11 is 0. The van der Waals surface area contributed by atoms with Crippen LogP contribution in [0.4, 0.5) is 0 Å².